The molecule has 0 saturated heterocycles. The predicted molar refractivity (Wildman–Crippen MR) is 84.0 cm³/mol. The number of amides is 1. The van der Waals surface area contributed by atoms with E-state index in [0.29, 0.717) is 18.9 Å². The van der Waals surface area contributed by atoms with Crippen LogP contribution in [0.2, 0.25) is 0 Å². The van der Waals surface area contributed by atoms with Gasteiger partial charge in [-0.1, -0.05) is 13.0 Å². The van der Waals surface area contributed by atoms with Crippen LogP contribution in [0.1, 0.15) is 24.9 Å². The molecule has 0 aromatic carbocycles. The molecule has 2 heterocycles. The van der Waals surface area contributed by atoms with Gasteiger partial charge in [0.2, 0.25) is 5.91 Å². The molecule has 1 aliphatic carbocycles. The lowest BCUT2D eigenvalue weighted by molar-refractivity contribution is -0.122. The Morgan fingerprint density at radius 3 is 2.86 bits per heavy atom. The maximum absolute atomic E-state index is 11.9. The number of hydrogen-bond acceptors (Lipinski definition) is 4. The third kappa shape index (κ3) is 3.30. The van der Waals surface area contributed by atoms with E-state index in [9.17, 15) is 4.79 Å². The van der Waals surface area contributed by atoms with E-state index in [-0.39, 0.29) is 11.8 Å². The van der Waals surface area contributed by atoms with Gasteiger partial charge in [0.1, 0.15) is 5.82 Å². The summed E-state index contributed by atoms with van der Waals surface area (Å²) in [5, 5.41) is 3.00. The van der Waals surface area contributed by atoms with Gasteiger partial charge in [0.25, 0.3) is 0 Å². The van der Waals surface area contributed by atoms with Crippen LogP contribution < -0.4 is 5.32 Å². The van der Waals surface area contributed by atoms with Gasteiger partial charge in [0.15, 0.2) is 0 Å². The van der Waals surface area contributed by atoms with Gasteiger partial charge in [-0.05, 0) is 31.4 Å². The first-order valence-electron chi connectivity index (χ1n) is 7.67. The minimum atomic E-state index is 0.165. The lowest BCUT2D eigenvalue weighted by atomic mass is 10.1. The molecule has 0 spiro atoms. The topological polar surface area (TPSA) is 67.8 Å². The molecule has 0 aliphatic heterocycles. The maximum atomic E-state index is 11.9. The van der Waals surface area contributed by atoms with Gasteiger partial charge >= 0.3 is 0 Å². The first kappa shape index (κ1) is 14.6. The summed E-state index contributed by atoms with van der Waals surface area (Å²) in [6, 6.07) is 5.78. The number of pyridine rings is 1. The van der Waals surface area contributed by atoms with Crippen molar-refractivity contribution < 1.29 is 4.79 Å². The Morgan fingerprint density at radius 1 is 1.36 bits per heavy atom. The Labute approximate surface area is 130 Å². The van der Waals surface area contributed by atoms with Gasteiger partial charge in [0.05, 0.1) is 11.4 Å². The van der Waals surface area contributed by atoms with Crippen LogP contribution in [0.25, 0.3) is 11.3 Å². The summed E-state index contributed by atoms with van der Waals surface area (Å²) in [7, 11) is 0. The fraction of sp³-hybridized carbons (Fsp3) is 0.412. The van der Waals surface area contributed by atoms with Crippen LogP contribution in [-0.4, -0.2) is 27.4 Å². The first-order chi connectivity index (χ1) is 10.6. The van der Waals surface area contributed by atoms with Gasteiger partial charge in [-0.15, -0.1) is 0 Å². The third-order valence-electron chi connectivity index (χ3n) is 4.04. The number of rotatable bonds is 5. The van der Waals surface area contributed by atoms with Crippen LogP contribution in [0.15, 0.2) is 30.6 Å². The average Bonchev–Trinajstić information content (AvgIpc) is 3.25. The van der Waals surface area contributed by atoms with Crippen molar-refractivity contribution in [3.8, 4) is 11.3 Å². The Balaban J connectivity index is 1.70. The van der Waals surface area contributed by atoms with Crippen molar-refractivity contribution in [3.05, 3.63) is 42.1 Å². The highest BCUT2D eigenvalue weighted by Crippen LogP contribution is 2.37. The molecule has 5 nitrogen and oxygen atoms in total. The van der Waals surface area contributed by atoms with E-state index in [1.165, 1.54) is 0 Å². The van der Waals surface area contributed by atoms with Crippen LogP contribution in [0, 0.1) is 18.8 Å². The summed E-state index contributed by atoms with van der Waals surface area (Å²) in [6.07, 6.45) is 5.26. The van der Waals surface area contributed by atoms with Crippen LogP contribution in [0.4, 0.5) is 0 Å². The number of hydrogen-bond donors (Lipinski definition) is 1. The van der Waals surface area contributed by atoms with Gasteiger partial charge in [0, 0.05) is 36.8 Å². The van der Waals surface area contributed by atoms with Crippen LogP contribution in [-0.2, 0) is 11.2 Å². The minimum Gasteiger partial charge on any atom is -0.355 e. The second-order valence-electron chi connectivity index (χ2n) is 5.85. The molecule has 22 heavy (non-hydrogen) atoms. The van der Waals surface area contributed by atoms with Gasteiger partial charge in [-0.3, -0.25) is 9.78 Å². The molecule has 1 aliphatic rings. The van der Waals surface area contributed by atoms with Gasteiger partial charge < -0.3 is 5.32 Å². The summed E-state index contributed by atoms with van der Waals surface area (Å²) in [4.78, 5) is 25.0. The first-order valence-corrected chi connectivity index (χ1v) is 7.67. The highest BCUT2D eigenvalue weighted by molar-refractivity contribution is 5.81. The number of nitrogens with one attached hydrogen (secondary N) is 1. The number of aryl methyl sites for hydroxylation is 1. The largest absolute Gasteiger partial charge is 0.355 e. The summed E-state index contributed by atoms with van der Waals surface area (Å²) >= 11 is 0. The van der Waals surface area contributed by atoms with E-state index in [4.69, 9.17) is 0 Å². The lowest BCUT2D eigenvalue weighted by Gasteiger charge is -2.09. The summed E-state index contributed by atoms with van der Waals surface area (Å²) in [5.74, 6) is 1.64. The molecule has 1 saturated carbocycles. The van der Waals surface area contributed by atoms with Crippen molar-refractivity contribution in [2.45, 2.75) is 26.7 Å². The van der Waals surface area contributed by atoms with E-state index in [1.54, 1.807) is 6.20 Å². The van der Waals surface area contributed by atoms with E-state index in [2.05, 4.69) is 27.2 Å². The minimum absolute atomic E-state index is 0.165. The van der Waals surface area contributed by atoms with E-state index in [0.717, 1.165) is 29.2 Å². The second kappa shape index (κ2) is 6.22. The van der Waals surface area contributed by atoms with Crippen molar-refractivity contribution in [2.24, 2.45) is 11.8 Å². The molecule has 3 rings (SSSR count). The van der Waals surface area contributed by atoms with E-state index in [1.807, 2.05) is 31.3 Å². The van der Waals surface area contributed by atoms with Gasteiger partial charge in [-0.2, -0.15) is 0 Å². The van der Waals surface area contributed by atoms with Crippen LogP contribution >= 0.6 is 0 Å². The smallest absolute Gasteiger partial charge is 0.223 e. The standard InChI is InChI=1S/C17H20N4O/c1-11-9-13(11)17(22)19-8-6-16-14(10-20-12(2)21-16)15-5-3-4-7-18-15/h3-5,7,10-11,13H,6,8-9H2,1-2H3,(H,19,22)/t11-,13-/m0/s1. The highest BCUT2D eigenvalue weighted by atomic mass is 16.2. The molecule has 0 radical (unpaired) electrons. The molecule has 2 atom stereocenters. The zero-order valence-corrected chi connectivity index (χ0v) is 12.9. The monoisotopic (exact) mass is 296 g/mol. The highest BCUT2D eigenvalue weighted by Gasteiger charge is 2.38. The Hall–Kier alpha value is -2.30. The molecule has 0 unspecified atom stereocenters. The Bertz CT molecular complexity index is 672. The fourth-order valence-corrected chi connectivity index (χ4v) is 2.57. The maximum Gasteiger partial charge on any atom is 0.223 e. The Kier molecular flexibility index (Phi) is 4.13. The van der Waals surface area contributed by atoms with Crippen molar-refractivity contribution >= 4 is 5.91 Å². The second-order valence-corrected chi connectivity index (χ2v) is 5.85. The van der Waals surface area contributed by atoms with Crippen molar-refractivity contribution in [1.82, 2.24) is 20.3 Å². The fourth-order valence-electron chi connectivity index (χ4n) is 2.57. The summed E-state index contributed by atoms with van der Waals surface area (Å²) in [6.45, 7) is 4.58. The van der Waals surface area contributed by atoms with Crippen molar-refractivity contribution in [1.29, 1.82) is 0 Å². The normalized spacial score (nSPS) is 19.7. The zero-order valence-electron chi connectivity index (χ0n) is 12.9. The molecule has 1 N–H and O–H groups in total. The molecule has 2 aromatic heterocycles. The SMILES string of the molecule is Cc1ncc(-c2ccccn2)c(CCNC(=O)[C@H]2C[C@@H]2C)n1. The third-order valence-corrected chi connectivity index (χ3v) is 4.04. The molecule has 114 valence electrons. The molecule has 1 fully saturated rings. The zero-order chi connectivity index (χ0) is 15.5. The molecule has 0 bridgehead atoms. The number of carbonyl (C=O) groups excluding carboxylic acids is 1. The number of aromatic nitrogens is 3. The van der Waals surface area contributed by atoms with Crippen molar-refractivity contribution in [3.63, 3.8) is 0 Å². The molecular weight excluding hydrogens is 276 g/mol. The predicted octanol–water partition coefficient (Wildman–Crippen LogP) is 2.16. The average molecular weight is 296 g/mol. The molecule has 5 heteroatoms. The number of carbonyl (C=O) groups is 1. The quantitative estimate of drug-likeness (QED) is 0.918. The Morgan fingerprint density at radius 2 is 2.18 bits per heavy atom. The summed E-state index contributed by atoms with van der Waals surface area (Å²) < 4.78 is 0. The van der Waals surface area contributed by atoms with Crippen LogP contribution in [0.5, 0.6) is 0 Å². The molecule has 2 aromatic rings. The molecular formula is C17H20N4O. The van der Waals surface area contributed by atoms with Crippen molar-refractivity contribution in [2.75, 3.05) is 6.54 Å². The van der Waals surface area contributed by atoms with E-state index < -0.39 is 0 Å². The summed E-state index contributed by atoms with van der Waals surface area (Å²) in [5.41, 5.74) is 2.72. The van der Waals surface area contributed by atoms with Crippen LogP contribution in [0.3, 0.4) is 0 Å². The van der Waals surface area contributed by atoms with Gasteiger partial charge in [-0.25, -0.2) is 9.97 Å². The molecule has 1 amide bonds. The number of nitrogens with zero attached hydrogens (tertiary/aromatic N) is 3. The lowest BCUT2D eigenvalue weighted by Crippen LogP contribution is -2.28. The van der Waals surface area contributed by atoms with E-state index >= 15 is 0 Å².